The molecule has 1 heterocycles. The van der Waals surface area contributed by atoms with Crippen LogP contribution in [0.3, 0.4) is 0 Å². The van der Waals surface area contributed by atoms with E-state index in [1.54, 1.807) is 4.57 Å². The molecule has 0 radical (unpaired) electrons. The number of hydrogen-bond donors (Lipinski definition) is 2. The number of nitriles is 1. The van der Waals surface area contributed by atoms with E-state index >= 15 is 0 Å². The number of anilines is 1. The number of benzene rings is 1. The van der Waals surface area contributed by atoms with Gasteiger partial charge in [0.05, 0.1) is 11.6 Å². The Morgan fingerprint density at radius 2 is 1.94 bits per heavy atom. The molecule has 1 fully saturated rings. The third-order valence-corrected chi connectivity index (χ3v) is 6.14. The van der Waals surface area contributed by atoms with Gasteiger partial charge in [-0.1, -0.05) is 32.9 Å². The van der Waals surface area contributed by atoms with Crippen LogP contribution in [0.4, 0.5) is 5.82 Å². The van der Waals surface area contributed by atoms with E-state index in [0.29, 0.717) is 38.2 Å². The van der Waals surface area contributed by atoms with Gasteiger partial charge in [-0.25, -0.2) is 4.79 Å². The van der Waals surface area contributed by atoms with Gasteiger partial charge in [0.15, 0.2) is 0 Å². The number of hydrogen-bond acceptors (Lipinski definition) is 6. The SMILES string of the molecule is CN(C)CCn1c(=O)nc(NC(CC(C)(C)C)C(=O)NC2(C#N)CCCC2)c2ccccc21. The summed E-state index contributed by atoms with van der Waals surface area (Å²) in [6.45, 7) is 7.43. The lowest BCUT2D eigenvalue weighted by atomic mass is 9.87. The van der Waals surface area contributed by atoms with Crippen LogP contribution in [0.5, 0.6) is 0 Å². The van der Waals surface area contributed by atoms with Crippen molar-refractivity contribution < 1.29 is 4.79 Å². The van der Waals surface area contributed by atoms with Crippen molar-refractivity contribution >= 4 is 22.6 Å². The van der Waals surface area contributed by atoms with Gasteiger partial charge in [-0.3, -0.25) is 9.36 Å². The molecule has 2 N–H and O–H groups in total. The average molecular weight is 453 g/mol. The number of nitrogens with one attached hydrogen (secondary N) is 2. The Labute approximate surface area is 196 Å². The minimum atomic E-state index is -0.806. The number of amides is 1. The summed E-state index contributed by atoms with van der Waals surface area (Å²) in [5.41, 5.74) is -0.528. The van der Waals surface area contributed by atoms with E-state index < -0.39 is 11.6 Å². The van der Waals surface area contributed by atoms with Crippen molar-refractivity contribution in [1.82, 2.24) is 19.8 Å². The van der Waals surface area contributed by atoms with Crippen LogP contribution in [0.25, 0.3) is 10.9 Å². The van der Waals surface area contributed by atoms with Crippen LogP contribution < -0.4 is 16.3 Å². The molecule has 0 saturated heterocycles. The van der Waals surface area contributed by atoms with Gasteiger partial charge in [0.1, 0.15) is 17.4 Å². The van der Waals surface area contributed by atoms with Gasteiger partial charge in [-0.05, 0) is 63.7 Å². The molecule has 1 unspecified atom stereocenters. The van der Waals surface area contributed by atoms with Crippen molar-refractivity contribution in [3.05, 3.63) is 34.7 Å². The molecule has 3 rings (SSSR count). The first-order valence-electron chi connectivity index (χ1n) is 11.7. The van der Waals surface area contributed by atoms with Gasteiger partial charge in [0.25, 0.3) is 0 Å². The normalized spacial score (nSPS) is 16.5. The fourth-order valence-electron chi connectivity index (χ4n) is 4.41. The summed E-state index contributed by atoms with van der Waals surface area (Å²) in [6.07, 6.45) is 3.73. The summed E-state index contributed by atoms with van der Waals surface area (Å²) in [6, 6.07) is 9.32. The summed E-state index contributed by atoms with van der Waals surface area (Å²) < 4.78 is 1.67. The molecule has 33 heavy (non-hydrogen) atoms. The Kier molecular flexibility index (Phi) is 7.43. The molecule has 1 aliphatic rings. The predicted octanol–water partition coefficient (Wildman–Crippen LogP) is 3.13. The first-order valence-corrected chi connectivity index (χ1v) is 11.7. The van der Waals surface area contributed by atoms with Crippen molar-refractivity contribution in [2.45, 2.75) is 71.0 Å². The standard InChI is InChI=1S/C25H36N6O2/c1-24(2,3)16-19(22(32)29-25(17-26)12-8-9-13-25)27-21-18-10-6-7-11-20(18)31(23(33)28-21)15-14-30(4)5/h6-7,10-11,19H,8-9,12-16H2,1-5H3,(H,29,32)(H,27,28,33). The second-order valence-electron chi connectivity index (χ2n) is 10.6. The average Bonchev–Trinajstić information content (AvgIpc) is 3.20. The Morgan fingerprint density at radius 1 is 1.27 bits per heavy atom. The van der Waals surface area contributed by atoms with Crippen LogP contribution in [0.15, 0.2) is 29.1 Å². The minimum absolute atomic E-state index is 0.152. The van der Waals surface area contributed by atoms with Gasteiger partial charge in [-0.2, -0.15) is 10.2 Å². The van der Waals surface area contributed by atoms with E-state index in [0.717, 1.165) is 23.7 Å². The van der Waals surface area contributed by atoms with E-state index in [1.165, 1.54) is 0 Å². The van der Waals surface area contributed by atoms with Gasteiger partial charge in [-0.15, -0.1) is 0 Å². The summed E-state index contributed by atoms with van der Waals surface area (Å²) in [5.74, 6) is 0.176. The first-order chi connectivity index (χ1) is 15.5. The van der Waals surface area contributed by atoms with E-state index in [4.69, 9.17) is 0 Å². The predicted molar refractivity (Wildman–Crippen MR) is 131 cm³/mol. The molecule has 1 amide bonds. The van der Waals surface area contributed by atoms with Crippen molar-refractivity contribution in [3.63, 3.8) is 0 Å². The smallest absolute Gasteiger partial charge is 0.350 e. The fraction of sp³-hybridized carbons (Fsp3) is 0.600. The molecule has 0 aliphatic heterocycles. The third kappa shape index (κ3) is 6.11. The van der Waals surface area contributed by atoms with E-state index in [9.17, 15) is 14.9 Å². The molecular weight excluding hydrogens is 416 g/mol. The molecule has 178 valence electrons. The highest BCUT2D eigenvalue weighted by Gasteiger charge is 2.38. The van der Waals surface area contributed by atoms with E-state index in [1.807, 2.05) is 43.3 Å². The second kappa shape index (κ2) is 9.92. The summed E-state index contributed by atoms with van der Waals surface area (Å²) in [7, 11) is 3.93. The number of nitrogens with zero attached hydrogens (tertiary/aromatic N) is 4. The van der Waals surface area contributed by atoms with Crippen molar-refractivity contribution in [2.75, 3.05) is 26.0 Å². The van der Waals surface area contributed by atoms with Crippen molar-refractivity contribution in [3.8, 4) is 6.07 Å². The van der Waals surface area contributed by atoms with Crippen LogP contribution in [0.2, 0.25) is 0 Å². The topological polar surface area (TPSA) is 103 Å². The van der Waals surface area contributed by atoms with E-state index in [-0.39, 0.29) is 17.0 Å². The monoisotopic (exact) mass is 452 g/mol. The van der Waals surface area contributed by atoms with Gasteiger partial charge in [0.2, 0.25) is 5.91 Å². The molecule has 0 bridgehead atoms. The summed E-state index contributed by atoms with van der Waals surface area (Å²) in [4.78, 5) is 32.7. The fourth-order valence-corrected chi connectivity index (χ4v) is 4.41. The number of rotatable bonds is 8. The quantitative estimate of drug-likeness (QED) is 0.638. The zero-order chi connectivity index (χ0) is 24.2. The van der Waals surface area contributed by atoms with Crippen molar-refractivity contribution in [1.29, 1.82) is 5.26 Å². The molecule has 2 aromatic rings. The van der Waals surface area contributed by atoms with Crippen LogP contribution in [-0.4, -0.2) is 52.6 Å². The van der Waals surface area contributed by atoms with Crippen LogP contribution >= 0.6 is 0 Å². The lowest BCUT2D eigenvalue weighted by Crippen LogP contribution is -2.52. The maximum atomic E-state index is 13.4. The Hall–Kier alpha value is -2.92. The number of fused-ring (bicyclic) bond motifs is 1. The molecule has 8 nitrogen and oxygen atoms in total. The highest BCUT2D eigenvalue weighted by Crippen LogP contribution is 2.30. The lowest BCUT2D eigenvalue weighted by Gasteiger charge is -2.30. The Balaban J connectivity index is 1.96. The highest BCUT2D eigenvalue weighted by atomic mass is 16.2. The number of para-hydroxylation sites is 1. The molecule has 1 atom stereocenters. The second-order valence-corrected chi connectivity index (χ2v) is 10.6. The Morgan fingerprint density at radius 3 is 2.55 bits per heavy atom. The van der Waals surface area contributed by atoms with E-state index in [2.05, 4.69) is 42.5 Å². The Bertz CT molecular complexity index is 1090. The number of likely N-dealkylation sites (N-methyl/N-ethyl adjacent to an activating group) is 1. The minimum Gasteiger partial charge on any atom is -0.358 e. The molecule has 0 spiro atoms. The zero-order valence-electron chi connectivity index (χ0n) is 20.4. The largest absolute Gasteiger partial charge is 0.358 e. The maximum absolute atomic E-state index is 13.4. The van der Waals surface area contributed by atoms with Gasteiger partial charge < -0.3 is 15.5 Å². The first kappa shape index (κ1) is 24.7. The van der Waals surface area contributed by atoms with Gasteiger partial charge in [0, 0.05) is 18.5 Å². The van der Waals surface area contributed by atoms with Crippen LogP contribution in [0.1, 0.15) is 52.9 Å². The van der Waals surface area contributed by atoms with Crippen LogP contribution in [0, 0.1) is 16.7 Å². The molecule has 1 aliphatic carbocycles. The maximum Gasteiger partial charge on any atom is 0.350 e. The number of carbonyl (C=O) groups excluding carboxylic acids is 1. The number of carbonyl (C=O) groups is 1. The lowest BCUT2D eigenvalue weighted by molar-refractivity contribution is -0.123. The molecule has 1 saturated carbocycles. The molecule has 1 aromatic heterocycles. The molecular formula is C25H36N6O2. The van der Waals surface area contributed by atoms with Crippen LogP contribution in [-0.2, 0) is 11.3 Å². The number of aromatic nitrogens is 2. The summed E-state index contributed by atoms with van der Waals surface area (Å²) in [5, 5.41) is 16.8. The summed E-state index contributed by atoms with van der Waals surface area (Å²) >= 11 is 0. The molecule has 1 aromatic carbocycles. The van der Waals surface area contributed by atoms with Gasteiger partial charge >= 0.3 is 5.69 Å². The highest BCUT2D eigenvalue weighted by molar-refractivity contribution is 5.92. The van der Waals surface area contributed by atoms with Crippen molar-refractivity contribution in [2.24, 2.45) is 5.41 Å². The zero-order valence-corrected chi connectivity index (χ0v) is 20.4. The third-order valence-electron chi connectivity index (χ3n) is 6.14. The molecule has 8 heteroatoms.